The van der Waals surface area contributed by atoms with E-state index in [1.54, 1.807) is 5.57 Å². The van der Waals surface area contributed by atoms with Gasteiger partial charge in [0, 0.05) is 19.6 Å². The maximum atomic E-state index is 2.64. The summed E-state index contributed by atoms with van der Waals surface area (Å²) in [5.74, 6) is 1.82. The van der Waals surface area contributed by atoms with Crippen molar-refractivity contribution in [2.24, 2.45) is 17.3 Å². The second-order valence-electron chi connectivity index (χ2n) is 7.22. The molecule has 3 aliphatic carbocycles. The molecule has 0 heterocycles. The first-order chi connectivity index (χ1) is 9.52. The molecule has 0 radical (unpaired) electrons. The first kappa shape index (κ1) is 16.0. The predicted octanol–water partition coefficient (Wildman–Crippen LogP) is 3.64. The maximum Gasteiger partial charge on any atom is 0.0196 e. The van der Waals surface area contributed by atoms with Crippen LogP contribution in [0, 0.1) is 17.3 Å². The van der Waals surface area contributed by atoms with Crippen molar-refractivity contribution in [1.29, 1.82) is 0 Å². The third-order valence-electron chi connectivity index (χ3n) is 6.06. The van der Waals surface area contributed by atoms with Gasteiger partial charge in [0.05, 0.1) is 0 Å². The zero-order valence-corrected chi connectivity index (χ0v) is 14.3. The summed E-state index contributed by atoms with van der Waals surface area (Å²) in [6.45, 7) is 18.9. The number of allylic oxidation sites excluding steroid dienone is 1. The molecular weight excluding hydrogens is 244 g/mol. The Morgan fingerprint density at radius 2 is 1.65 bits per heavy atom. The molecule has 2 bridgehead atoms. The van der Waals surface area contributed by atoms with Crippen LogP contribution in [-0.2, 0) is 0 Å². The summed E-state index contributed by atoms with van der Waals surface area (Å²) < 4.78 is 0. The number of fused-ring (bicyclic) bond motifs is 1. The van der Waals surface area contributed by atoms with Crippen molar-refractivity contribution in [3.05, 3.63) is 11.6 Å². The average molecular weight is 278 g/mol. The highest BCUT2D eigenvalue weighted by molar-refractivity contribution is 5.24. The Morgan fingerprint density at radius 1 is 1.05 bits per heavy atom. The molecule has 0 spiro atoms. The summed E-state index contributed by atoms with van der Waals surface area (Å²) in [4.78, 5) is 5.17. The molecular formula is C18H34N2. The molecule has 1 fully saturated rings. The molecule has 0 unspecified atom stereocenters. The molecule has 0 aliphatic heterocycles. The van der Waals surface area contributed by atoms with Crippen LogP contribution in [0.5, 0.6) is 0 Å². The molecule has 2 atom stereocenters. The van der Waals surface area contributed by atoms with Gasteiger partial charge in [0.2, 0.25) is 0 Å². The number of rotatable bonds is 8. The lowest BCUT2D eigenvalue weighted by molar-refractivity contribution is -0.0107. The lowest BCUT2D eigenvalue weighted by Crippen LogP contribution is -2.50. The highest BCUT2D eigenvalue weighted by atomic mass is 15.2. The number of nitrogens with zero attached hydrogens (tertiary/aromatic N) is 2. The Kier molecular flexibility index (Phi) is 5.30. The van der Waals surface area contributed by atoms with Gasteiger partial charge in [-0.3, -0.25) is 4.90 Å². The van der Waals surface area contributed by atoms with E-state index in [2.05, 4.69) is 50.5 Å². The molecule has 1 saturated carbocycles. The van der Waals surface area contributed by atoms with Crippen LogP contribution in [0.1, 0.15) is 47.5 Å². The van der Waals surface area contributed by atoms with Gasteiger partial charge in [0.25, 0.3) is 0 Å². The molecule has 0 N–H and O–H groups in total. The van der Waals surface area contributed by atoms with Gasteiger partial charge in [0.1, 0.15) is 0 Å². The standard InChI is InChI=1S/C18H34N2/c1-6-19(7-2)11-12-20(8-3)14-15-9-10-16-13-17(15)18(16,4)5/h9,16-17H,6-8,10-14H2,1-5H3/t16-,17-/m0/s1. The second-order valence-corrected chi connectivity index (χ2v) is 7.22. The number of hydrogen-bond donors (Lipinski definition) is 0. The van der Waals surface area contributed by atoms with Gasteiger partial charge in [-0.25, -0.2) is 0 Å². The van der Waals surface area contributed by atoms with E-state index in [1.807, 2.05) is 0 Å². The molecule has 0 aromatic rings. The van der Waals surface area contributed by atoms with Crippen molar-refractivity contribution in [1.82, 2.24) is 9.80 Å². The van der Waals surface area contributed by atoms with Crippen molar-refractivity contribution in [3.63, 3.8) is 0 Å². The molecule has 0 saturated heterocycles. The van der Waals surface area contributed by atoms with Gasteiger partial charge >= 0.3 is 0 Å². The smallest absolute Gasteiger partial charge is 0.0196 e. The van der Waals surface area contributed by atoms with Crippen molar-refractivity contribution in [3.8, 4) is 0 Å². The lowest BCUT2D eigenvalue weighted by atomic mass is 9.49. The monoisotopic (exact) mass is 278 g/mol. The summed E-state index contributed by atoms with van der Waals surface area (Å²) in [7, 11) is 0. The van der Waals surface area contributed by atoms with E-state index in [4.69, 9.17) is 0 Å². The average Bonchev–Trinajstić information content (AvgIpc) is 2.46. The minimum atomic E-state index is 0.572. The minimum Gasteiger partial charge on any atom is -0.303 e. The molecule has 0 aromatic carbocycles. The van der Waals surface area contributed by atoms with Crippen molar-refractivity contribution >= 4 is 0 Å². The Morgan fingerprint density at radius 3 is 2.15 bits per heavy atom. The van der Waals surface area contributed by atoms with Gasteiger partial charge < -0.3 is 4.90 Å². The van der Waals surface area contributed by atoms with Crippen LogP contribution in [-0.4, -0.2) is 49.1 Å². The molecule has 3 rings (SSSR count). The van der Waals surface area contributed by atoms with Crippen molar-refractivity contribution in [2.45, 2.75) is 47.5 Å². The summed E-state index contributed by atoms with van der Waals surface area (Å²) in [5, 5.41) is 0. The predicted molar refractivity (Wildman–Crippen MR) is 88.0 cm³/mol. The molecule has 116 valence electrons. The van der Waals surface area contributed by atoms with Crippen LogP contribution in [0.15, 0.2) is 11.6 Å². The van der Waals surface area contributed by atoms with Gasteiger partial charge in [-0.2, -0.15) is 0 Å². The molecule has 20 heavy (non-hydrogen) atoms. The fourth-order valence-corrected chi connectivity index (χ4v) is 4.09. The second kappa shape index (κ2) is 6.62. The fourth-order valence-electron chi connectivity index (χ4n) is 4.09. The van der Waals surface area contributed by atoms with Crippen LogP contribution < -0.4 is 0 Å². The SMILES string of the molecule is CCN(CC)CCN(CC)CC1=CC[C@H]2C[C@@H]1C2(C)C. The van der Waals surface area contributed by atoms with E-state index in [0.717, 1.165) is 11.8 Å². The third-order valence-corrected chi connectivity index (χ3v) is 6.06. The summed E-state index contributed by atoms with van der Waals surface area (Å²) in [5.41, 5.74) is 2.31. The largest absolute Gasteiger partial charge is 0.303 e. The molecule has 2 nitrogen and oxygen atoms in total. The molecule has 3 aliphatic rings. The zero-order chi connectivity index (χ0) is 14.8. The Hall–Kier alpha value is -0.340. The Balaban J connectivity index is 1.86. The van der Waals surface area contributed by atoms with E-state index in [9.17, 15) is 0 Å². The van der Waals surface area contributed by atoms with Crippen LogP contribution in [0.25, 0.3) is 0 Å². The maximum absolute atomic E-state index is 2.64. The van der Waals surface area contributed by atoms with Crippen LogP contribution >= 0.6 is 0 Å². The summed E-state index contributed by atoms with van der Waals surface area (Å²) >= 11 is 0. The quantitative estimate of drug-likeness (QED) is 0.625. The van der Waals surface area contributed by atoms with Crippen molar-refractivity contribution < 1.29 is 0 Å². The normalized spacial score (nSPS) is 27.6. The van der Waals surface area contributed by atoms with Gasteiger partial charge in [0.15, 0.2) is 0 Å². The van der Waals surface area contributed by atoms with E-state index >= 15 is 0 Å². The molecule has 0 amide bonds. The van der Waals surface area contributed by atoms with E-state index in [1.165, 1.54) is 52.1 Å². The van der Waals surface area contributed by atoms with E-state index in [-0.39, 0.29) is 0 Å². The summed E-state index contributed by atoms with van der Waals surface area (Å²) in [6, 6.07) is 0. The first-order valence-electron chi connectivity index (χ1n) is 8.66. The van der Waals surface area contributed by atoms with Gasteiger partial charge in [-0.1, -0.05) is 46.3 Å². The van der Waals surface area contributed by atoms with Gasteiger partial charge in [-0.05, 0) is 49.7 Å². The topological polar surface area (TPSA) is 6.48 Å². The van der Waals surface area contributed by atoms with Crippen LogP contribution in [0.3, 0.4) is 0 Å². The number of likely N-dealkylation sites (N-methyl/N-ethyl adjacent to an activating group) is 2. The Bertz CT molecular complexity index is 341. The minimum absolute atomic E-state index is 0.572. The zero-order valence-electron chi connectivity index (χ0n) is 14.3. The van der Waals surface area contributed by atoms with Crippen LogP contribution in [0.2, 0.25) is 0 Å². The Labute approximate surface area is 126 Å². The number of hydrogen-bond acceptors (Lipinski definition) is 2. The highest BCUT2D eigenvalue weighted by Crippen LogP contribution is 2.59. The third kappa shape index (κ3) is 3.12. The summed E-state index contributed by atoms with van der Waals surface area (Å²) in [6.07, 6.45) is 5.34. The van der Waals surface area contributed by atoms with Crippen molar-refractivity contribution in [2.75, 3.05) is 39.3 Å². The molecule has 0 aromatic heterocycles. The van der Waals surface area contributed by atoms with Gasteiger partial charge in [-0.15, -0.1) is 0 Å². The van der Waals surface area contributed by atoms with Crippen LogP contribution in [0.4, 0.5) is 0 Å². The molecule has 2 heteroatoms. The van der Waals surface area contributed by atoms with E-state index < -0.39 is 0 Å². The highest BCUT2D eigenvalue weighted by Gasteiger charge is 2.51. The first-order valence-corrected chi connectivity index (χ1v) is 8.66. The fraction of sp³-hybridized carbons (Fsp3) is 0.889. The lowest BCUT2D eigenvalue weighted by Gasteiger charge is -2.57. The van der Waals surface area contributed by atoms with E-state index in [0.29, 0.717) is 5.41 Å².